The van der Waals surface area contributed by atoms with Gasteiger partial charge in [0.2, 0.25) is 0 Å². The molecule has 3 nitrogen and oxygen atoms in total. The minimum atomic E-state index is -2.81. The molecule has 100 valence electrons. The van der Waals surface area contributed by atoms with E-state index in [0.717, 1.165) is 15.7 Å². The van der Waals surface area contributed by atoms with Crippen molar-refractivity contribution in [2.45, 2.75) is 13.5 Å². The van der Waals surface area contributed by atoms with Gasteiger partial charge in [0.05, 0.1) is 4.47 Å². The molecule has 0 spiro atoms. The van der Waals surface area contributed by atoms with Crippen molar-refractivity contribution in [3.05, 3.63) is 46.6 Å². The van der Waals surface area contributed by atoms with Crippen LogP contribution in [0.4, 0.5) is 20.3 Å². The highest BCUT2D eigenvalue weighted by Gasteiger charge is 2.05. The second kappa shape index (κ2) is 5.97. The van der Waals surface area contributed by atoms with Crippen molar-refractivity contribution in [2.75, 3.05) is 5.32 Å². The Hall–Kier alpha value is -1.69. The second-order valence-corrected chi connectivity index (χ2v) is 4.73. The predicted molar refractivity (Wildman–Crippen MR) is 73.0 cm³/mol. The Morgan fingerprint density at radius 1 is 1.26 bits per heavy atom. The SMILES string of the molecule is Cc1cnc(Nc2ccc(OC(F)F)cc2)c(Br)c1. The zero-order chi connectivity index (χ0) is 13.8. The van der Waals surface area contributed by atoms with Gasteiger partial charge in [-0.3, -0.25) is 0 Å². The minimum absolute atomic E-state index is 0.122. The maximum atomic E-state index is 12.0. The van der Waals surface area contributed by atoms with Crippen LogP contribution in [0.3, 0.4) is 0 Å². The van der Waals surface area contributed by atoms with Crippen LogP contribution in [0.1, 0.15) is 5.56 Å². The lowest BCUT2D eigenvalue weighted by Crippen LogP contribution is -2.01. The van der Waals surface area contributed by atoms with Crippen LogP contribution in [0, 0.1) is 6.92 Å². The summed E-state index contributed by atoms with van der Waals surface area (Å²) in [6.07, 6.45) is 1.74. The second-order valence-electron chi connectivity index (χ2n) is 3.87. The molecule has 2 aromatic rings. The van der Waals surface area contributed by atoms with E-state index >= 15 is 0 Å². The Morgan fingerprint density at radius 3 is 2.53 bits per heavy atom. The average molecular weight is 329 g/mol. The zero-order valence-electron chi connectivity index (χ0n) is 10.0. The molecule has 1 heterocycles. The van der Waals surface area contributed by atoms with Crippen LogP contribution < -0.4 is 10.1 Å². The summed E-state index contributed by atoms with van der Waals surface area (Å²) in [4.78, 5) is 4.23. The smallest absolute Gasteiger partial charge is 0.387 e. The first-order chi connectivity index (χ1) is 9.04. The molecule has 0 bridgehead atoms. The number of benzene rings is 1. The third-order valence-corrected chi connectivity index (χ3v) is 2.92. The topological polar surface area (TPSA) is 34.2 Å². The molecule has 19 heavy (non-hydrogen) atoms. The van der Waals surface area contributed by atoms with E-state index in [1.807, 2.05) is 13.0 Å². The van der Waals surface area contributed by atoms with Crippen molar-refractivity contribution >= 4 is 27.4 Å². The molecule has 1 aromatic carbocycles. The standard InChI is InChI=1S/C13H11BrF2N2O/c1-8-6-11(14)12(17-7-8)18-9-2-4-10(5-3-9)19-13(15)16/h2-7,13H,1H3,(H,17,18). The number of hydrogen-bond donors (Lipinski definition) is 1. The van der Waals surface area contributed by atoms with Crippen molar-refractivity contribution in [1.29, 1.82) is 0 Å². The number of aromatic nitrogens is 1. The van der Waals surface area contributed by atoms with E-state index in [1.165, 1.54) is 12.1 Å². The maximum absolute atomic E-state index is 12.0. The summed E-state index contributed by atoms with van der Waals surface area (Å²) in [5.41, 5.74) is 1.77. The molecule has 0 unspecified atom stereocenters. The van der Waals surface area contributed by atoms with Crippen molar-refractivity contribution in [3.8, 4) is 5.75 Å². The zero-order valence-corrected chi connectivity index (χ0v) is 11.6. The summed E-state index contributed by atoms with van der Waals surface area (Å²) in [6.45, 7) is -0.871. The Balaban J connectivity index is 2.10. The van der Waals surface area contributed by atoms with E-state index in [9.17, 15) is 8.78 Å². The van der Waals surface area contributed by atoms with Crippen LogP contribution in [0.5, 0.6) is 5.75 Å². The number of anilines is 2. The highest BCUT2D eigenvalue weighted by Crippen LogP contribution is 2.25. The molecule has 0 radical (unpaired) electrons. The summed E-state index contributed by atoms with van der Waals surface area (Å²) in [5, 5.41) is 3.08. The lowest BCUT2D eigenvalue weighted by Gasteiger charge is -2.09. The number of nitrogens with one attached hydrogen (secondary N) is 1. The lowest BCUT2D eigenvalue weighted by molar-refractivity contribution is -0.0498. The van der Waals surface area contributed by atoms with Gasteiger partial charge in [0.25, 0.3) is 0 Å². The van der Waals surface area contributed by atoms with Gasteiger partial charge in [0, 0.05) is 11.9 Å². The number of hydrogen-bond acceptors (Lipinski definition) is 3. The van der Waals surface area contributed by atoms with Crippen molar-refractivity contribution in [1.82, 2.24) is 4.98 Å². The molecule has 0 aliphatic rings. The molecule has 0 aliphatic heterocycles. The van der Waals surface area contributed by atoms with E-state index in [1.54, 1.807) is 18.3 Å². The minimum Gasteiger partial charge on any atom is -0.435 e. The van der Waals surface area contributed by atoms with Gasteiger partial charge in [-0.15, -0.1) is 0 Å². The Labute approximate surface area is 117 Å². The van der Waals surface area contributed by atoms with Gasteiger partial charge in [-0.2, -0.15) is 8.78 Å². The monoisotopic (exact) mass is 328 g/mol. The first-order valence-electron chi connectivity index (χ1n) is 5.48. The van der Waals surface area contributed by atoms with Gasteiger partial charge < -0.3 is 10.1 Å². The lowest BCUT2D eigenvalue weighted by atomic mass is 10.3. The third-order valence-electron chi connectivity index (χ3n) is 2.32. The average Bonchev–Trinajstić information content (AvgIpc) is 2.34. The molecule has 0 saturated carbocycles. The van der Waals surface area contributed by atoms with Crippen LogP contribution in [-0.4, -0.2) is 11.6 Å². The normalized spacial score (nSPS) is 10.6. The van der Waals surface area contributed by atoms with Gasteiger partial charge in [-0.05, 0) is 58.7 Å². The van der Waals surface area contributed by atoms with Crippen LogP contribution in [0.25, 0.3) is 0 Å². The largest absolute Gasteiger partial charge is 0.435 e. The Bertz CT molecular complexity index is 561. The molecule has 0 atom stereocenters. The number of ether oxygens (including phenoxy) is 1. The summed E-state index contributed by atoms with van der Waals surface area (Å²) >= 11 is 3.40. The molecule has 6 heteroatoms. The first-order valence-corrected chi connectivity index (χ1v) is 6.28. The van der Waals surface area contributed by atoms with E-state index in [2.05, 4.69) is 31.0 Å². The van der Waals surface area contributed by atoms with Crippen LogP contribution >= 0.6 is 15.9 Å². The molecule has 0 saturated heterocycles. The maximum Gasteiger partial charge on any atom is 0.387 e. The highest BCUT2D eigenvalue weighted by molar-refractivity contribution is 9.10. The Kier molecular flexibility index (Phi) is 4.31. The number of rotatable bonds is 4. The highest BCUT2D eigenvalue weighted by atomic mass is 79.9. The quantitative estimate of drug-likeness (QED) is 0.897. The third kappa shape index (κ3) is 3.89. The molecule has 1 aromatic heterocycles. The van der Waals surface area contributed by atoms with Crippen molar-refractivity contribution in [2.24, 2.45) is 0 Å². The van der Waals surface area contributed by atoms with Crippen molar-refractivity contribution in [3.63, 3.8) is 0 Å². The molecule has 1 N–H and O–H groups in total. The van der Waals surface area contributed by atoms with Crippen molar-refractivity contribution < 1.29 is 13.5 Å². The first kappa shape index (κ1) is 13.7. The fourth-order valence-electron chi connectivity index (χ4n) is 1.48. The fourth-order valence-corrected chi connectivity index (χ4v) is 2.04. The summed E-state index contributed by atoms with van der Waals surface area (Å²) in [5.74, 6) is 0.782. The predicted octanol–water partition coefficient (Wildman–Crippen LogP) is 4.50. The number of pyridine rings is 1. The Morgan fingerprint density at radius 2 is 1.95 bits per heavy atom. The van der Waals surface area contributed by atoms with Gasteiger partial charge in [0.1, 0.15) is 11.6 Å². The van der Waals surface area contributed by atoms with E-state index in [-0.39, 0.29) is 5.75 Å². The number of alkyl halides is 2. The summed E-state index contributed by atoms with van der Waals surface area (Å²) < 4.78 is 29.1. The molecular formula is C13H11BrF2N2O. The molecule has 0 aliphatic carbocycles. The number of nitrogens with zero attached hydrogens (tertiary/aromatic N) is 1. The number of aryl methyl sites for hydroxylation is 1. The van der Waals surface area contributed by atoms with Crippen LogP contribution in [-0.2, 0) is 0 Å². The molecule has 0 amide bonds. The molecular weight excluding hydrogens is 318 g/mol. The number of halogens is 3. The molecule has 2 rings (SSSR count). The van der Waals surface area contributed by atoms with E-state index < -0.39 is 6.61 Å². The van der Waals surface area contributed by atoms with Gasteiger partial charge in [-0.25, -0.2) is 4.98 Å². The fraction of sp³-hybridized carbons (Fsp3) is 0.154. The van der Waals surface area contributed by atoms with Crippen LogP contribution in [0.15, 0.2) is 41.0 Å². The van der Waals surface area contributed by atoms with Crippen LogP contribution in [0.2, 0.25) is 0 Å². The van der Waals surface area contributed by atoms with E-state index in [4.69, 9.17) is 0 Å². The van der Waals surface area contributed by atoms with Gasteiger partial charge >= 0.3 is 6.61 Å². The van der Waals surface area contributed by atoms with Gasteiger partial charge in [0.15, 0.2) is 0 Å². The summed E-state index contributed by atoms with van der Waals surface area (Å²) in [7, 11) is 0. The molecule has 0 fully saturated rings. The van der Waals surface area contributed by atoms with Gasteiger partial charge in [-0.1, -0.05) is 0 Å². The summed E-state index contributed by atoms with van der Waals surface area (Å²) in [6, 6.07) is 8.16. The van der Waals surface area contributed by atoms with E-state index in [0.29, 0.717) is 5.82 Å².